The van der Waals surface area contributed by atoms with Crippen LogP contribution in [-0.2, 0) is 14.3 Å². The molecular weight excluding hydrogens is 210 g/mol. The molecule has 0 bridgehead atoms. The van der Waals surface area contributed by atoms with Crippen LogP contribution in [0.15, 0.2) is 12.7 Å². The van der Waals surface area contributed by atoms with E-state index in [1.807, 2.05) is 6.92 Å². The Kier molecular flexibility index (Phi) is 4.06. The smallest absolute Gasteiger partial charge is 0.329 e. The van der Waals surface area contributed by atoms with Gasteiger partial charge in [0.1, 0.15) is 12.2 Å². The number of carboxylic acids is 1. The predicted molar refractivity (Wildman–Crippen MR) is 58.0 cm³/mol. The van der Waals surface area contributed by atoms with Gasteiger partial charge in [-0.15, -0.1) is 6.58 Å². The second-order valence-electron chi connectivity index (χ2n) is 4.21. The molecule has 0 saturated carbocycles. The fraction of sp³-hybridized carbons (Fsp3) is 0.636. The Hall–Kier alpha value is -1.36. The molecule has 0 aromatic heterocycles. The van der Waals surface area contributed by atoms with Crippen LogP contribution in [0.1, 0.15) is 19.8 Å². The Balaban J connectivity index is 2.27. The van der Waals surface area contributed by atoms with E-state index in [2.05, 4.69) is 6.58 Å². The SMILES string of the molecule is C=CCCC(=O)N1CC(C)(OCC(=O)O)C1. The summed E-state index contributed by atoms with van der Waals surface area (Å²) in [5.74, 6) is -0.922. The maximum Gasteiger partial charge on any atom is 0.329 e. The maximum atomic E-state index is 11.5. The molecule has 0 aromatic carbocycles. The molecule has 0 spiro atoms. The fourth-order valence-electron chi connectivity index (χ4n) is 1.65. The largest absolute Gasteiger partial charge is 0.480 e. The molecule has 1 saturated heterocycles. The predicted octanol–water partition coefficient (Wildman–Crippen LogP) is 0.655. The second-order valence-corrected chi connectivity index (χ2v) is 4.21. The van der Waals surface area contributed by atoms with Gasteiger partial charge in [-0.1, -0.05) is 6.08 Å². The number of hydrogen-bond acceptors (Lipinski definition) is 3. The number of aliphatic carboxylic acids is 1. The molecule has 1 rings (SSSR count). The van der Waals surface area contributed by atoms with Crippen LogP contribution >= 0.6 is 0 Å². The van der Waals surface area contributed by atoms with Gasteiger partial charge in [0.15, 0.2) is 0 Å². The third-order valence-electron chi connectivity index (χ3n) is 2.51. The number of carbonyl (C=O) groups is 2. The topological polar surface area (TPSA) is 66.8 Å². The molecule has 16 heavy (non-hydrogen) atoms. The van der Waals surface area contributed by atoms with Crippen LogP contribution in [0, 0.1) is 0 Å². The van der Waals surface area contributed by atoms with E-state index in [1.54, 1.807) is 11.0 Å². The highest BCUT2D eigenvalue weighted by Crippen LogP contribution is 2.25. The first-order valence-corrected chi connectivity index (χ1v) is 5.21. The first-order chi connectivity index (χ1) is 7.47. The van der Waals surface area contributed by atoms with Crippen molar-refractivity contribution in [1.29, 1.82) is 0 Å². The summed E-state index contributed by atoms with van der Waals surface area (Å²) in [5.41, 5.74) is -0.498. The zero-order valence-corrected chi connectivity index (χ0v) is 9.44. The average molecular weight is 227 g/mol. The fourth-order valence-corrected chi connectivity index (χ4v) is 1.65. The highest BCUT2D eigenvalue weighted by molar-refractivity contribution is 5.77. The van der Waals surface area contributed by atoms with Gasteiger partial charge in [0.05, 0.1) is 13.1 Å². The van der Waals surface area contributed by atoms with E-state index >= 15 is 0 Å². The molecule has 0 aromatic rings. The summed E-state index contributed by atoms with van der Waals surface area (Å²) in [6.07, 6.45) is 2.83. The molecule has 0 unspecified atom stereocenters. The van der Waals surface area contributed by atoms with Gasteiger partial charge >= 0.3 is 5.97 Å². The van der Waals surface area contributed by atoms with Crippen LogP contribution in [0.4, 0.5) is 0 Å². The Morgan fingerprint density at radius 3 is 2.69 bits per heavy atom. The molecule has 1 heterocycles. The Morgan fingerprint density at radius 1 is 1.56 bits per heavy atom. The monoisotopic (exact) mass is 227 g/mol. The van der Waals surface area contributed by atoms with Crippen LogP contribution in [0.2, 0.25) is 0 Å². The summed E-state index contributed by atoms with van der Waals surface area (Å²) in [6, 6.07) is 0. The third kappa shape index (κ3) is 3.34. The van der Waals surface area contributed by atoms with Crippen molar-refractivity contribution in [3.05, 3.63) is 12.7 Å². The summed E-state index contributed by atoms with van der Waals surface area (Å²) >= 11 is 0. The number of carbonyl (C=O) groups excluding carboxylic acids is 1. The number of amides is 1. The van der Waals surface area contributed by atoms with Gasteiger partial charge in [0, 0.05) is 6.42 Å². The summed E-state index contributed by atoms with van der Waals surface area (Å²) in [4.78, 5) is 23.5. The van der Waals surface area contributed by atoms with E-state index in [0.717, 1.165) is 0 Å². The van der Waals surface area contributed by atoms with Crippen molar-refractivity contribution in [2.24, 2.45) is 0 Å². The number of rotatable bonds is 6. The van der Waals surface area contributed by atoms with Crippen molar-refractivity contribution >= 4 is 11.9 Å². The minimum atomic E-state index is -0.988. The summed E-state index contributed by atoms with van der Waals surface area (Å²) < 4.78 is 5.20. The molecular formula is C11H17NO4. The van der Waals surface area contributed by atoms with E-state index in [1.165, 1.54) is 0 Å². The number of allylic oxidation sites excluding steroid dienone is 1. The van der Waals surface area contributed by atoms with Crippen molar-refractivity contribution in [1.82, 2.24) is 4.90 Å². The number of ether oxygens (including phenoxy) is 1. The lowest BCUT2D eigenvalue weighted by Crippen LogP contribution is -2.63. The maximum absolute atomic E-state index is 11.5. The van der Waals surface area contributed by atoms with Crippen molar-refractivity contribution in [2.75, 3.05) is 19.7 Å². The summed E-state index contributed by atoms with van der Waals surface area (Å²) in [7, 11) is 0. The molecule has 0 aliphatic carbocycles. The van der Waals surface area contributed by atoms with Crippen molar-refractivity contribution in [3.63, 3.8) is 0 Å². The van der Waals surface area contributed by atoms with Gasteiger partial charge in [-0.05, 0) is 13.3 Å². The van der Waals surface area contributed by atoms with Gasteiger partial charge in [-0.25, -0.2) is 4.79 Å². The van der Waals surface area contributed by atoms with Crippen LogP contribution in [-0.4, -0.2) is 47.2 Å². The van der Waals surface area contributed by atoms with E-state index in [0.29, 0.717) is 25.9 Å². The molecule has 1 fully saturated rings. The molecule has 1 aliphatic rings. The van der Waals surface area contributed by atoms with Gasteiger partial charge in [0.25, 0.3) is 0 Å². The van der Waals surface area contributed by atoms with E-state index in [4.69, 9.17) is 9.84 Å². The molecule has 90 valence electrons. The quantitative estimate of drug-likeness (QED) is 0.677. The van der Waals surface area contributed by atoms with Gasteiger partial charge in [0.2, 0.25) is 5.91 Å². The lowest BCUT2D eigenvalue weighted by Gasteiger charge is -2.47. The van der Waals surface area contributed by atoms with E-state index < -0.39 is 11.6 Å². The van der Waals surface area contributed by atoms with Crippen LogP contribution in [0.3, 0.4) is 0 Å². The molecule has 1 amide bonds. The molecule has 5 heteroatoms. The van der Waals surface area contributed by atoms with Crippen LogP contribution in [0.25, 0.3) is 0 Å². The molecule has 1 N–H and O–H groups in total. The van der Waals surface area contributed by atoms with Crippen molar-refractivity contribution in [3.8, 4) is 0 Å². The lowest BCUT2D eigenvalue weighted by molar-refractivity contribution is -0.173. The zero-order chi connectivity index (χ0) is 12.2. The first kappa shape index (κ1) is 12.7. The van der Waals surface area contributed by atoms with E-state index in [-0.39, 0.29) is 12.5 Å². The minimum absolute atomic E-state index is 0.0660. The third-order valence-corrected chi connectivity index (χ3v) is 2.51. The second kappa shape index (κ2) is 5.12. The highest BCUT2D eigenvalue weighted by Gasteiger charge is 2.42. The zero-order valence-electron chi connectivity index (χ0n) is 9.44. The average Bonchev–Trinajstić information content (AvgIpc) is 2.19. The van der Waals surface area contributed by atoms with Crippen LogP contribution in [0.5, 0.6) is 0 Å². The molecule has 1 aliphatic heterocycles. The van der Waals surface area contributed by atoms with E-state index in [9.17, 15) is 9.59 Å². The van der Waals surface area contributed by atoms with Crippen molar-refractivity contribution < 1.29 is 19.4 Å². The van der Waals surface area contributed by atoms with Crippen molar-refractivity contribution in [2.45, 2.75) is 25.4 Å². The van der Waals surface area contributed by atoms with Gasteiger partial charge in [-0.2, -0.15) is 0 Å². The van der Waals surface area contributed by atoms with Gasteiger partial charge < -0.3 is 14.7 Å². The van der Waals surface area contributed by atoms with Crippen LogP contribution < -0.4 is 0 Å². The summed E-state index contributed by atoms with van der Waals surface area (Å²) in [5, 5.41) is 8.47. The molecule has 0 radical (unpaired) electrons. The highest BCUT2D eigenvalue weighted by atomic mass is 16.5. The lowest BCUT2D eigenvalue weighted by atomic mass is 9.96. The summed E-state index contributed by atoms with van der Waals surface area (Å²) in [6.45, 7) is 5.99. The first-order valence-electron chi connectivity index (χ1n) is 5.21. The number of likely N-dealkylation sites (tertiary alicyclic amines) is 1. The number of carboxylic acid groups (broad SMARTS) is 1. The Labute approximate surface area is 94.7 Å². The minimum Gasteiger partial charge on any atom is -0.480 e. The molecule has 0 atom stereocenters. The Bertz CT molecular complexity index is 294. The normalized spacial score (nSPS) is 17.7. The standard InChI is InChI=1S/C11H17NO4/c1-3-4-5-9(13)12-7-11(2,8-12)16-6-10(14)15/h3H,1,4-8H2,2H3,(H,14,15). The Morgan fingerprint density at radius 2 is 2.19 bits per heavy atom. The molecule has 5 nitrogen and oxygen atoms in total. The number of hydrogen-bond donors (Lipinski definition) is 1. The number of nitrogens with zero attached hydrogens (tertiary/aromatic N) is 1. The van der Waals surface area contributed by atoms with Gasteiger partial charge in [-0.3, -0.25) is 4.79 Å².